The fourth-order valence-corrected chi connectivity index (χ4v) is 8.63. The number of hydrogen-bond donors (Lipinski definition) is 1. The van der Waals surface area contributed by atoms with Gasteiger partial charge >= 0.3 is 6.09 Å². The summed E-state index contributed by atoms with van der Waals surface area (Å²) < 4.78 is 0. The Morgan fingerprint density at radius 3 is 1.03 bits per heavy atom. The van der Waals surface area contributed by atoms with Crippen molar-refractivity contribution in [1.29, 1.82) is 0 Å². The summed E-state index contributed by atoms with van der Waals surface area (Å²) in [6.07, 6.45) is 0.779. The van der Waals surface area contributed by atoms with E-state index >= 15 is 0 Å². The second-order valence-electron chi connectivity index (χ2n) is 7.92. The van der Waals surface area contributed by atoms with Crippen LogP contribution in [-0.4, -0.2) is 41.5 Å². The summed E-state index contributed by atoms with van der Waals surface area (Å²) in [5.74, 6) is 0. The molecule has 0 spiro atoms. The largest absolute Gasteiger partial charge is 0.465 e. The van der Waals surface area contributed by atoms with Crippen molar-refractivity contribution in [3.63, 3.8) is 0 Å². The summed E-state index contributed by atoms with van der Waals surface area (Å²) in [4.78, 5) is 13.8. The third-order valence-electron chi connectivity index (χ3n) is 5.73. The van der Waals surface area contributed by atoms with Crippen molar-refractivity contribution in [2.24, 2.45) is 0 Å². The maximum absolute atomic E-state index is 12.2. The van der Waals surface area contributed by atoms with Crippen molar-refractivity contribution < 1.29 is 9.90 Å². The van der Waals surface area contributed by atoms with E-state index in [0.29, 0.717) is 13.1 Å². The Morgan fingerprint density at radius 1 is 0.529 bits per heavy atom. The number of nitrogens with zero attached hydrogens (tertiary/aromatic N) is 1. The van der Waals surface area contributed by atoms with Crippen LogP contribution in [0, 0.1) is 0 Å². The first-order chi connectivity index (χ1) is 16.7. The fraction of sp³-hybridized carbons (Fsp3) is 0.138. The summed E-state index contributed by atoms with van der Waals surface area (Å²) in [5, 5.41) is 15.2. The Hall–Kier alpha value is -2.99. The average Bonchev–Trinajstić information content (AvgIpc) is 2.90. The molecule has 1 N–H and O–H groups in total. The zero-order valence-corrected chi connectivity index (χ0v) is 20.9. The number of carbonyl (C=O) groups is 1. The second kappa shape index (κ2) is 12.5. The number of benzene rings is 4. The van der Waals surface area contributed by atoms with Gasteiger partial charge in [-0.2, -0.15) is 0 Å². The first kappa shape index (κ1) is 24.1. The van der Waals surface area contributed by atoms with Gasteiger partial charge in [0.2, 0.25) is 0 Å². The Morgan fingerprint density at radius 2 is 0.794 bits per heavy atom. The van der Waals surface area contributed by atoms with Gasteiger partial charge in [-0.25, -0.2) is 4.79 Å². The van der Waals surface area contributed by atoms with E-state index in [1.165, 1.54) is 21.2 Å². The molecule has 0 aliphatic heterocycles. The molecule has 0 saturated carbocycles. The van der Waals surface area contributed by atoms with Gasteiger partial charge in [-0.1, -0.05) is 121 Å². The summed E-state index contributed by atoms with van der Waals surface area (Å²) >= 11 is 0. The van der Waals surface area contributed by atoms with Crippen molar-refractivity contribution in [3.05, 3.63) is 121 Å². The highest BCUT2D eigenvalue weighted by Gasteiger charge is 2.20. The molecule has 4 aromatic carbocycles. The van der Waals surface area contributed by atoms with Crippen LogP contribution in [0.5, 0.6) is 0 Å². The second-order valence-corrected chi connectivity index (χ2v) is 12.6. The van der Waals surface area contributed by atoms with Gasteiger partial charge in [0, 0.05) is 13.1 Å². The lowest BCUT2D eigenvalue weighted by molar-refractivity contribution is 0.151. The Bertz CT molecular complexity index is 976. The summed E-state index contributed by atoms with van der Waals surface area (Å²) in [6.45, 7) is 1.05. The first-order valence-electron chi connectivity index (χ1n) is 11.5. The molecule has 0 saturated heterocycles. The van der Waals surface area contributed by atoms with E-state index in [1.54, 1.807) is 4.90 Å². The van der Waals surface area contributed by atoms with Gasteiger partial charge in [-0.15, -0.1) is 0 Å². The lowest BCUT2D eigenvalue weighted by Gasteiger charge is -2.26. The highest BCUT2D eigenvalue weighted by atomic mass is 31.1. The van der Waals surface area contributed by atoms with Crippen LogP contribution in [-0.2, 0) is 0 Å². The summed E-state index contributed by atoms with van der Waals surface area (Å²) in [7, 11) is -1.24. The molecule has 0 aliphatic carbocycles. The van der Waals surface area contributed by atoms with Gasteiger partial charge in [-0.3, -0.25) is 0 Å². The smallest absolute Gasteiger partial charge is 0.407 e. The predicted octanol–water partition coefficient (Wildman–Crippen LogP) is 5.23. The van der Waals surface area contributed by atoms with E-state index < -0.39 is 21.9 Å². The van der Waals surface area contributed by atoms with E-state index in [1.807, 2.05) is 24.3 Å². The van der Waals surface area contributed by atoms with Crippen molar-refractivity contribution in [2.75, 3.05) is 25.4 Å². The van der Waals surface area contributed by atoms with Crippen LogP contribution in [0.25, 0.3) is 0 Å². The molecule has 0 atom stereocenters. The topological polar surface area (TPSA) is 40.5 Å². The monoisotopic (exact) mass is 485 g/mol. The molecule has 0 heterocycles. The van der Waals surface area contributed by atoms with Gasteiger partial charge in [0.05, 0.1) is 0 Å². The highest BCUT2D eigenvalue weighted by molar-refractivity contribution is 7.73. The van der Waals surface area contributed by atoms with Crippen LogP contribution < -0.4 is 21.2 Å². The van der Waals surface area contributed by atoms with Gasteiger partial charge in [0.15, 0.2) is 0 Å². The zero-order valence-electron chi connectivity index (χ0n) is 19.1. The normalized spacial score (nSPS) is 11.0. The van der Waals surface area contributed by atoms with Crippen LogP contribution in [0.2, 0.25) is 0 Å². The molecular weight excluding hydrogens is 456 g/mol. The SMILES string of the molecule is O=C(O)N(CCP(c1ccccc1)c1ccccc1)CCP(c1ccccc1)c1ccccc1. The van der Waals surface area contributed by atoms with E-state index in [2.05, 4.69) is 97.1 Å². The summed E-state index contributed by atoms with van der Waals surface area (Å²) in [6, 6.07) is 41.9. The molecule has 4 aromatic rings. The number of carboxylic acid groups (broad SMARTS) is 1. The first-order valence-corrected chi connectivity index (χ1v) is 14.5. The van der Waals surface area contributed by atoms with Gasteiger partial charge in [0.1, 0.15) is 0 Å². The zero-order chi connectivity index (χ0) is 23.6. The van der Waals surface area contributed by atoms with Crippen molar-refractivity contribution in [2.45, 2.75) is 0 Å². The van der Waals surface area contributed by atoms with E-state index in [0.717, 1.165) is 12.3 Å². The maximum Gasteiger partial charge on any atom is 0.407 e. The average molecular weight is 486 g/mol. The van der Waals surface area contributed by atoms with Crippen molar-refractivity contribution in [1.82, 2.24) is 4.90 Å². The molecule has 0 bridgehead atoms. The molecule has 0 radical (unpaired) electrons. The highest BCUT2D eigenvalue weighted by Crippen LogP contribution is 2.35. The van der Waals surface area contributed by atoms with Gasteiger partial charge < -0.3 is 10.0 Å². The Kier molecular flexibility index (Phi) is 8.85. The van der Waals surface area contributed by atoms with Crippen LogP contribution in [0.15, 0.2) is 121 Å². The van der Waals surface area contributed by atoms with Crippen molar-refractivity contribution >= 4 is 43.2 Å². The van der Waals surface area contributed by atoms with E-state index in [9.17, 15) is 9.90 Å². The third-order valence-corrected chi connectivity index (χ3v) is 10.7. The molecule has 172 valence electrons. The third kappa shape index (κ3) is 6.54. The van der Waals surface area contributed by atoms with Crippen LogP contribution in [0.1, 0.15) is 0 Å². The molecule has 0 unspecified atom stereocenters. The minimum atomic E-state index is -0.841. The maximum atomic E-state index is 12.2. The number of rotatable bonds is 10. The van der Waals surface area contributed by atoms with Crippen LogP contribution in [0.3, 0.4) is 0 Å². The minimum Gasteiger partial charge on any atom is -0.465 e. The van der Waals surface area contributed by atoms with E-state index in [4.69, 9.17) is 0 Å². The molecule has 4 rings (SSSR count). The predicted molar refractivity (Wildman–Crippen MR) is 147 cm³/mol. The molecular formula is C29H29NO2P2. The van der Waals surface area contributed by atoms with Crippen LogP contribution >= 0.6 is 15.8 Å². The lowest BCUT2D eigenvalue weighted by Crippen LogP contribution is -2.36. The Labute approximate surface area is 204 Å². The quantitative estimate of drug-likeness (QED) is 0.313. The lowest BCUT2D eigenvalue weighted by atomic mass is 10.4. The van der Waals surface area contributed by atoms with Crippen molar-refractivity contribution in [3.8, 4) is 0 Å². The Balaban J connectivity index is 1.50. The number of amides is 1. The molecule has 34 heavy (non-hydrogen) atoms. The molecule has 5 heteroatoms. The molecule has 1 amide bonds. The molecule has 3 nitrogen and oxygen atoms in total. The number of hydrogen-bond acceptors (Lipinski definition) is 1. The fourth-order valence-electron chi connectivity index (χ4n) is 3.99. The van der Waals surface area contributed by atoms with Crippen LogP contribution in [0.4, 0.5) is 4.79 Å². The van der Waals surface area contributed by atoms with Gasteiger partial charge in [0.25, 0.3) is 0 Å². The molecule has 0 fully saturated rings. The standard InChI is InChI=1S/C29H29NO2P2/c31-29(32)30(21-23-33(25-13-5-1-6-14-25)26-15-7-2-8-16-26)22-24-34(27-17-9-3-10-18-27)28-19-11-4-12-20-28/h1-20H,21-24H2,(H,31,32). The minimum absolute atomic E-state index is 0.525. The van der Waals surface area contributed by atoms with Gasteiger partial charge in [-0.05, 0) is 49.4 Å². The summed E-state index contributed by atoms with van der Waals surface area (Å²) in [5.41, 5.74) is 0. The van der Waals surface area contributed by atoms with E-state index in [-0.39, 0.29) is 0 Å². The molecule has 0 aliphatic rings. The molecule has 0 aromatic heterocycles.